The second kappa shape index (κ2) is 8.54. The lowest BCUT2D eigenvalue weighted by Crippen LogP contribution is -2.37. The topological polar surface area (TPSA) is 78.5 Å². The Morgan fingerprint density at radius 1 is 1.38 bits per heavy atom. The highest BCUT2D eigenvalue weighted by Gasteiger charge is 2.29. The fourth-order valence-electron chi connectivity index (χ4n) is 2.29. The average Bonchev–Trinajstić information content (AvgIpc) is 2.88. The van der Waals surface area contributed by atoms with Gasteiger partial charge in [0, 0.05) is 11.7 Å². The number of amides is 4. The molecule has 4 amide bonds. The molecule has 1 aliphatic rings. The molecule has 1 saturated heterocycles. The van der Waals surface area contributed by atoms with Crippen LogP contribution in [0, 0.1) is 0 Å². The van der Waals surface area contributed by atoms with Crippen LogP contribution in [0.2, 0.25) is 0 Å². The van der Waals surface area contributed by atoms with E-state index in [4.69, 9.17) is 0 Å². The largest absolute Gasteiger partial charge is 0.335 e. The molecule has 0 spiro atoms. The molecule has 128 valence electrons. The Kier molecular flexibility index (Phi) is 6.43. The monoisotopic (exact) mass is 347 g/mol. The van der Waals surface area contributed by atoms with Gasteiger partial charge in [-0.15, -0.1) is 6.58 Å². The summed E-state index contributed by atoms with van der Waals surface area (Å²) in [5.74, 6) is 0.0430. The number of rotatable bonds is 7. The van der Waals surface area contributed by atoms with Crippen molar-refractivity contribution in [3.63, 3.8) is 0 Å². The first-order valence-electron chi connectivity index (χ1n) is 7.78. The summed E-state index contributed by atoms with van der Waals surface area (Å²) in [5.41, 5.74) is 1.49. The smallest absolute Gasteiger partial charge is 0.319 e. The molecular formula is C17H21N3O3S. The first-order chi connectivity index (χ1) is 11.5. The van der Waals surface area contributed by atoms with Gasteiger partial charge in [0.05, 0.1) is 12.3 Å². The van der Waals surface area contributed by atoms with Gasteiger partial charge in [0.1, 0.15) is 0 Å². The van der Waals surface area contributed by atoms with Crippen LogP contribution in [0.4, 0.5) is 15.3 Å². The number of thioether (sulfide) groups is 1. The van der Waals surface area contributed by atoms with E-state index in [1.54, 1.807) is 30.3 Å². The van der Waals surface area contributed by atoms with Crippen molar-refractivity contribution in [2.75, 3.05) is 11.1 Å². The number of benzene rings is 1. The molecule has 1 aromatic carbocycles. The molecular weight excluding hydrogens is 326 g/mol. The van der Waals surface area contributed by atoms with Crippen molar-refractivity contribution in [3.05, 3.63) is 42.5 Å². The van der Waals surface area contributed by atoms with E-state index in [1.165, 1.54) is 4.90 Å². The Bertz CT molecular complexity index is 614. The number of hydrogen-bond acceptors (Lipinski definition) is 4. The molecule has 0 aromatic heterocycles. The summed E-state index contributed by atoms with van der Waals surface area (Å²) < 4.78 is 0. The molecule has 6 nitrogen and oxygen atoms in total. The molecule has 0 unspecified atom stereocenters. The van der Waals surface area contributed by atoms with Gasteiger partial charge in [-0.1, -0.05) is 36.9 Å². The number of hydrogen-bond donors (Lipinski definition) is 2. The number of carbonyl (C=O) groups excluding carboxylic acids is 3. The van der Waals surface area contributed by atoms with Gasteiger partial charge in [0.15, 0.2) is 0 Å². The van der Waals surface area contributed by atoms with Gasteiger partial charge >= 0.3 is 6.03 Å². The number of nitrogens with zero attached hydrogens (tertiary/aromatic N) is 1. The van der Waals surface area contributed by atoms with Crippen molar-refractivity contribution in [1.82, 2.24) is 10.2 Å². The van der Waals surface area contributed by atoms with Gasteiger partial charge in [-0.3, -0.25) is 14.5 Å². The van der Waals surface area contributed by atoms with E-state index in [0.717, 1.165) is 30.2 Å². The zero-order valence-corrected chi connectivity index (χ0v) is 14.4. The minimum Gasteiger partial charge on any atom is -0.335 e. The summed E-state index contributed by atoms with van der Waals surface area (Å²) in [6.45, 7) is 5.94. The summed E-state index contributed by atoms with van der Waals surface area (Å²) in [4.78, 5) is 36.4. The van der Waals surface area contributed by atoms with E-state index in [9.17, 15) is 14.4 Å². The van der Waals surface area contributed by atoms with Crippen LogP contribution in [-0.4, -0.2) is 33.9 Å². The molecule has 2 N–H and O–H groups in total. The van der Waals surface area contributed by atoms with Gasteiger partial charge in [-0.25, -0.2) is 4.79 Å². The van der Waals surface area contributed by atoms with E-state index in [0.29, 0.717) is 5.69 Å². The molecule has 0 bridgehead atoms. The molecule has 1 atom stereocenters. The van der Waals surface area contributed by atoms with Crippen LogP contribution in [0.1, 0.15) is 25.3 Å². The zero-order valence-electron chi connectivity index (χ0n) is 13.6. The number of anilines is 1. The van der Waals surface area contributed by atoms with E-state index in [1.807, 2.05) is 6.92 Å². The van der Waals surface area contributed by atoms with Gasteiger partial charge in [-0.05, 0) is 30.5 Å². The number of urea groups is 1. The van der Waals surface area contributed by atoms with E-state index < -0.39 is 0 Å². The summed E-state index contributed by atoms with van der Waals surface area (Å²) in [6.07, 6.45) is 3.33. The Labute approximate surface area is 145 Å². The summed E-state index contributed by atoms with van der Waals surface area (Å²) in [7, 11) is 0. The summed E-state index contributed by atoms with van der Waals surface area (Å²) in [6, 6.07) is 6.88. The van der Waals surface area contributed by atoms with Crippen LogP contribution in [0.25, 0.3) is 0 Å². The lowest BCUT2D eigenvalue weighted by Gasteiger charge is -2.16. The fourth-order valence-corrected chi connectivity index (χ4v) is 3.02. The second-order valence-electron chi connectivity index (χ2n) is 5.46. The molecule has 2 rings (SSSR count). The third-order valence-electron chi connectivity index (χ3n) is 3.67. The molecule has 1 aliphatic heterocycles. The van der Waals surface area contributed by atoms with Crippen LogP contribution < -0.4 is 10.6 Å². The Hall–Kier alpha value is -2.28. The molecule has 24 heavy (non-hydrogen) atoms. The maximum Gasteiger partial charge on any atom is 0.319 e. The summed E-state index contributed by atoms with van der Waals surface area (Å²) >= 11 is 1.02. The summed E-state index contributed by atoms with van der Waals surface area (Å²) in [5, 5.41) is 5.43. The first-order valence-corrected chi connectivity index (χ1v) is 8.76. The number of imide groups is 1. The fraction of sp³-hybridized carbons (Fsp3) is 0.353. The van der Waals surface area contributed by atoms with Crippen LogP contribution in [-0.2, 0) is 11.3 Å². The van der Waals surface area contributed by atoms with Gasteiger partial charge in [0.2, 0.25) is 5.91 Å². The van der Waals surface area contributed by atoms with Crippen molar-refractivity contribution >= 4 is 34.6 Å². The van der Waals surface area contributed by atoms with Gasteiger partial charge in [0.25, 0.3) is 5.24 Å². The second-order valence-corrected chi connectivity index (χ2v) is 6.39. The van der Waals surface area contributed by atoms with Crippen molar-refractivity contribution in [2.24, 2.45) is 0 Å². The van der Waals surface area contributed by atoms with Gasteiger partial charge in [-0.2, -0.15) is 0 Å². The lowest BCUT2D eigenvalue weighted by molar-refractivity contribution is -0.125. The van der Waals surface area contributed by atoms with E-state index in [2.05, 4.69) is 17.2 Å². The third kappa shape index (κ3) is 4.86. The van der Waals surface area contributed by atoms with Crippen LogP contribution in [0.15, 0.2) is 36.9 Å². The minimum absolute atomic E-state index is 0.0615. The Morgan fingerprint density at radius 3 is 2.62 bits per heavy atom. The quantitative estimate of drug-likeness (QED) is 0.741. The van der Waals surface area contributed by atoms with Crippen molar-refractivity contribution in [3.8, 4) is 0 Å². The Balaban J connectivity index is 1.89. The lowest BCUT2D eigenvalue weighted by atomic mass is 10.1. The highest BCUT2D eigenvalue weighted by Crippen LogP contribution is 2.21. The van der Waals surface area contributed by atoms with Crippen molar-refractivity contribution in [2.45, 2.75) is 32.4 Å². The maximum absolute atomic E-state index is 11.9. The van der Waals surface area contributed by atoms with Crippen LogP contribution in [0.5, 0.6) is 0 Å². The van der Waals surface area contributed by atoms with Crippen LogP contribution >= 0.6 is 11.8 Å². The predicted molar refractivity (Wildman–Crippen MR) is 95.9 cm³/mol. The number of nitrogens with one attached hydrogen (secondary N) is 2. The molecule has 1 aromatic rings. The standard InChI is InChI=1S/C17H21N3O3S/c1-3-5-13(4-2)18-16(22)19-14-8-6-12(7-9-14)10-20-15(21)11-24-17(20)23/h3,6-9,13H,1,4-5,10-11H2,2H3,(H2,18,19,22)/t13-/m1/s1. The zero-order chi connectivity index (χ0) is 17.5. The molecule has 1 fully saturated rings. The van der Waals surface area contributed by atoms with Crippen molar-refractivity contribution < 1.29 is 14.4 Å². The van der Waals surface area contributed by atoms with Crippen molar-refractivity contribution in [1.29, 1.82) is 0 Å². The average molecular weight is 347 g/mol. The number of carbonyl (C=O) groups is 3. The first kappa shape index (κ1) is 18.1. The normalized spacial score (nSPS) is 15.3. The van der Waals surface area contributed by atoms with E-state index >= 15 is 0 Å². The highest BCUT2D eigenvalue weighted by molar-refractivity contribution is 8.14. The van der Waals surface area contributed by atoms with Gasteiger partial charge < -0.3 is 10.6 Å². The highest BCUT2D eigenvalue weighted by atomic mass is 32.2. The minimum atomic E-state index is -0.266. The van der Waals surface area contributed by atoms with E-state index in [-0.39, 0.29) is 35.5 Å². The SMILES string of the molecule is C=CC[C@@H](CC)NC(=O)Nc1ccc(CN2C(=O)CSC2=O)cc1. The predicted octanol–water partition coefficient (Wildman–Crippen LogP) is 3.36. The Morgan fingerprint density at radius 2 is 2.08 bits per heavy atom. The van der Waals surface area contributed by atoms with Crippen LogP contribution in [0.3, 0.4) is 0 Å². The molecule has 0 saturated carbocycles. The molecule has 0 radical (unpaired) electrons. The molecule has 1 heterocycles. The molecule has 0 aliphatic carbocycles. The molecule has 7 heteroatoms. The maximum atomic E-state index is 11.9. The third-order valence-corrected chi connectivity index (χ3v) is 4.53.